The molecule has 0 aliphatic carbocycles. The zero-order valence-corrected chi connectivity index (χ0v) is 12.7. The molecule has 0 aromatic heterocycles. The highest BCUT2D eigenvalue weighted by Crippen LogP contribution is 1.99. The molecule has 8 N–H and O–H groups in total. The van der Waals surface area contributed by atoms with Gasteiger partial charge in [-0.3, -0.25) is 9.98 Å². The maximum Gasteiger partial charge on any atom is 0.185 e. The van der Waals surface area contributed by atoms with Gasteiger partial charge in [0.15, 0.2) is 11.9 Å². The highest BCUT2D eigenvalue weighted by molar-refractivity contribution is 8.93. The van der Waals surface area contributed by atoms with E-state index in [0.717, 1.165) is 25.7 Å². The Morgan fingerprint density at radius 3 is 1.19 bits per heavy atom. The molecule has 0 fully saturated rings. The minimum atomic E-state index is 0. The first kappa shape index (κ1) is 20.9. The first-order chi connectivity index (χ1) is 6.63. The normalized spacial score (nSPS) is 8.25. The Morgan fingerprint density at radius 2 is 0.938 bits per heavy atom. The van der Waals surface area contributed by atoms with Gasteiger partial charge in [-0.25, -0.2) is 0 Å². The summed E-state index contributed by atoms with van der Waals surface area (Å²) in [5, 5.41) is 0. The summed E-state index contributed by atoms with van der Waals surface area (Å²) in [4.78, 5) is 7.75. The molecule has 0 atom stereocenters. The third kappa shape index (κ3) is 19.1. The molecule has 0 unspecified atom stereocenters. The fraction of sp³-hybridized carbons (Fsp3) is 0.750. The molecule has 0 saturated heterocycles. The number of guanidine groups is 2. The van der Waals surface area contributed by atoms with Gasteiger partial charge in [0.2, 0.25) is 0 Å². The minimum absolute atomic E-state index is 0. The van der Waals surface area contributed by atoms with Crippen LogP contribution < -0.4 is 22.9 Å². The molecule has 0 saturated carbocycles. The fourth-order valence-electron chi connectivity index (χ4n) is 0.993. The lowest BCUT2D eigenvalue weighted by molar-refractivity contribution is 0.653. The van der Waals surface area contributed by atoms with Crippen molar-refractivity contribution in [3.05, 3.63) is 0 Å². The van der Waals surface area contributed by atoms with E-state index in [4.69, 9.17) is 22.9 Å². The van der Waals surface area contributed by atoms with E-state index in [1.54, 1.807) is 0 Å². The zero-order valence-electron chi connectivity index (χ0n) is 9.26. The van der Waals surface area contributed by atoms with Crippen molar-refractivity contribution in [2.24, 2.45) is 32.9 Å². The summed E-state index contributed by atoms with van der Waals surface area (Å²) in [6.45, 7) is 1.40. The number of nitrogens with two attached hydrogens (primary N) is 4. The van der Waals surface area contributed by atoms with Crippen LogP contribution in [-0.2, 0) is 0 Å². The van der Waals surface area contributed by atoms with E-state index < -0.39 is 0 Å². The number of hydrogen-bond acceptors (Lipinski definition) is 2. The Kier molecular flexibility index (Phi) is 18.9. The van der Waals surface area contributed by atoms with Gasteiger partial charge in [0.05, 0.1) is 0 Å². The Bertz CT molecular complexity index is 177. The van der Waals surface area contributed by atoms with Gasteiger partial charge >= 0.3 is 0 Å². The molecule has 0 rings (SSSR count). The quantitative estimate of drug-likeness (QED) is 0.294. The Labute approximate surface area is 117 Å². The average Bonchev–Trinajstić information content (AvgIpc) is 2.08. The van der Waals surface area contributed by atoms with Gasteiger partial charge in [0.1, 0.15) is 0 Å². The van der Waals surface area contributed by atoms with Gasteiger partial charge in [-0.05, 0) is 12.8 Å². The Morgan fingerprint density at radius 1 is 0.625 bits per heavy atom. The van der Waals surface area contributed by atoms with Gasteiger partial charge in [-0.1, -0.05) is 12.8 Å². The van der Waals surface area contributed by atoms with Crippen LogP contribution >= 0.6 is 34.0 Å². The molecule has 0 radical (unpaired) electrons. The van der Waals surface area contributed by atoms with Crippen LogP contribution in [0.4, 0.5) is 0 Å². The summed E-state index contributed by atoms with van der Waals surface area (Å²) < 4.78 is 0. The summed E-state index contributed by atoms with van der Waals surface area (Å²) in [6, 6.07) is 0. The molecule has 6 nitrogen and oxygen atoms in total. The second-order valence-electron chi connectivity index (χ2n) is 3.03. The van der Waals surface area contributed by atoms with E-state index >= 15 is 0 Å². The molecular weight excluding hydrogens is 340 g/mol. The van der Waals surface area contributed by atoms with Crippen LogP contribution in [0.5, 0.6) is 0 Å². The predicted octanol–water partition coefficient (Wildman–Crippen LogP) is 0.249. The lowest BCUT2D eigenvalue weighted by Gasteiger charge is -1.97. The smallest absolute Gasteiger partial charge is 0.185 e. The molecule has 0 aliphatic heterocycles. The van der Waals surface area contributed by atoms with Crippen LogP contribution in [-0.4, -0.2) is 25.0 Å². The highest BCUT2D eigenvalue weighted by Gasteiger charge is 1.89. The lowest BCUT2D eigenvalue weighted by Crippen LogP contribution is -2.23. The van der Waals surface area contributed by atoms with Crippen molar-refractivity contribution >= 4 is 45.9 Å². The van der Waals surface area contributed by atoms with Crippen LogP contribution in [0.2, 0.25) is 0 Å². The van der Waals surface area contributed by atoms with Gasteiger partial charge < -0.3 is 22.9 Å². The monoisotopic (exact) mass is 360 g/mol. The first-order valence-electron chi connectivity index (χ1n) is 4.73. The molecule has 98 valence electrons. The second-order valence-corrected chi connectivity index (χ2v) is 3.03. The molecule has 0 bridgehead atoms. The van der Waals surface area contributed by atoms with E-state index in [1.165, 1.54) is 0 Å². The molecular formula is C8H22Br2N6. The van der Waals surface area contributed by atoms with Crippen molar-refractivity contribution in [3.63, 3.8) is 0 Å². The third-order valence-corrected chi connectivity index (χ3v) is 1.65. The fourth-order valence-corrected chi connectivity index (χ4v) is 0.993. The number of unbranched alkanes of at least 4 members (excludes halogenated alkanes) is 3. The van der Waals surface area contributed by atoms with Crippen molar-refractivity contribution < 1.29 is 0 Å². The van der Waals surface area contributed by atoms with E-state index in [2.05, 4.69) is 9.98 Å². The molecule has 0 aliphatic rings. The second kappa shape index (κ2) is 14.5. The summed E-state index contributed by atoms with van der Waals surface area (Å²) in [6.07, 6.45) is 4.19. The topological polar surface area (TPSA) is 129 Å². The van der Waals surface area contributed by atoms with Gasteiger partial charge in [-0.2, -0.15) is 0 Å². The van der Waals surface area contributed by atoms with Crippen molar-refractivity contribution in [2.45, 2.75) is 25.7 Å². The minimum Gasteiger partial charge on any atom is -0.370 e. The maximum absolute atomic E-state index is 5.17. The van der Waals surface area contributed by atoms with Crippen molar-refractivity contribution in [1.29, 1.82) is 0 Å². The maximum atomic E-state index is 5.17. The molecule has 0 spiro atoms. The SMILES string of the molecule is Br.Br.NC(N)=NCCCCCCN=C(N)N. The number of halogens is 2. The van der Waals surface area contributed by atoms with Crippen molar-refractivity contribution in [3.8, 4) is 0 Å². The Balaban J connectivity index is -0.000000845. The molecule has 16 heavy (non-hydrogen) atoms. The molecule has 0 aromatic carbocycles. The third-order valence-electron chi connectivity index (χ3n) is 1.65. The van der Waals surface area contributed by atoms with Crippen molar-refractivity contribution in [2.75, 3.05) is 13.1 Å². The van der Waals surface area contributed by atoms with Crippen LogP contribution in [0.1, 0.15) is 25.7 Å². The van der Waals surface area contributed by atoms with Crippen LogP contribution in [0.25, 0.3) is 0 Å². The number of nitrogens with zero attached hydrogens (tertiary/aromatic N) is 2. The van der Waals surface area contributed by atoms with Gasteiger partial charge in [-0.15, -0.1) is 34.0 Å². The number of hydrogen-bond donors (Lipinski definition) is 4. The van der Waals surface area contributed by atoms with Crippen LogP contribution in [0.3, 0.4) is 0 Å². The summed E-state index contributed by atoms with van der Waals surface area (Å²) in [7, 11) is 0. The molecule has 0 amide bonds. The average molecular weight is 362 g/mol. The summed E-state index contributed by atoms with van der Waals surface area (Å²) in [5.41, 5.74) is 20.7. The van der Waals surface area contributed by atoms with E-state index in [0.29, 0.717) is 13.1 Å². The Hall–Kier alpha value is -0.500. The van der Waals surface area contributed by atoms with Crippen LogP contribution in [0, 0.1) is 0 Å². The predicted molar refractivity (Wildman–Crippen MR) is 80.5 cm³/mol. The van der Waals surface area contributed by atoms with E-state index in [1.807, 2.05) is 0 Å². The number of rotatable bonds is 7. The van der Waals surface area contributed by atoms with Crippen molar-refractivity contribution in [1.82, 2.24) is 0 Å². The van der Waals surface area contributed by atoms with Gasteiger partial charge in [0.25, 0.3) is 0 Å². The van der Waals surface area contributed by atoms with E-state index in [-0.39, 0.29) is 45.9 Å². The van der Waals surface area contributed by atoms with Crippen LogP contribution in [0.15, 0.2) is 9.98 Å². The molecule has 0 aromatic rings. The largest absolute Gasteiger partial charge is 0.370 e. The summed E-state index contributed by atoms with van der Waals surface area (Å²) in [5.74, 6) is 0.316. The first-order valence-corrected chi connectivity index (χ1v) is 4.73. The molecule has 0 heterocycles. The van der Waals surface area contributed by atoms with Gasteiger partial charge in [0, 0.05) is 13.1 Å². The standard InChI is InChI=1S/C8H20N6.2BrH/c9-7(10)13-5-3-1-2-4-6-14-8(11)12;;/h1-6H2,(H4,9,10,13)(H4,11,12,14);2*1H. The zero-order chi connectivity index (χ0) is 10.8. The highest BCUT2D eigenvalue weighted by atomic mass is 79.9. The lowest BCUT2D eigenvalue weighted by atomic mass is 10.2. The molecule has 8 heteroatoms. The van der Waals surface area contributed by atoms with E-state index in [9.17, 15) is 0 Å². The number of aliphatic imine (C=N–C) groups is 2. The summed E-state index contributed by atoms with van der Waals surface area (Å²) >= 11 is 0.